The van der Waals surface area contributed by atoms with Gasteiger partial charge in [-0.2, -0.15) is 0 Å². The Kier molecular flexibility index (Phi) is 4.53. The van der Waals surface area contributed by atoms with Gasteiger partial charge in [-0.15, -0.1) is 0 Å². The van der Waals surface area contributed by atoms with Crippen LogP contribution in [-0.2, 0) is 9.59 Å². The lowest BCUT2D eigenvalue weighted by atomic mass is 9.81. The van der Waals surface area contributed by atoms with Gasteiger partial charge in [0.2, 0.25) is 5.91 Å². The number of para-hydroxylation sites is 1. The largest absolute Gasteiger partial charge is 0.493 e. The second-order valence-electron chi connectivity index (χ2n) is 7.62. The van der Waals surface area contributed by atoms with E-state index >= 15 is 0 Å². The van der Waals surface area contributed by atoms with Gasteiger partial charge in [0.15, 0.2) is 0 Å². The molecular weight excluding hydrogens is 346 g/mol. The van der Waals surface area contributed by atoms with Crippen LogP contribution < -0.4 is 10.1 Å². The van der Waals surface area contributed by atoms with Crippen LogP contribution in [0.2, 0.25) is 0 Å². The van der Waals surface area contributed by atoms with Gasteiger partial charge in [0.25, 0.3) is 5.91 Å². The maximum Gasteiger partial charge on any atom is 0.327 e. The van der Waals surface area contributed by atoms with Crippen LogP contribution >= 0.6 is 0 Å². The molecular formula is C20H25N3O4. The molecule has 0 aromatic heterocycles. The number of fused-ring (bicyclic) bond motifs is 1. The minimum absolute atomic E-state index is 0.170. The first-order valence-corrected chi connectivity index (χ1v) is 9.64. The van der Waals surface area contributed by atoms with E-state index in [9.17, 15) is 14.4 Å². The zero-order chi connectivity index (χ0) is 19.0. The van der Waals surface area contributed by atoms with E-state index < -0.39 is 5.54 Å². The Balaban J connectivity index is 1.46. The molecule has 144 valence electrons. The zero-order valence-electron chi connectivity index (χ0n) is 15.6. The highest BCUT2D eigenvalue weighted by molar-refractivity contribution is 6.09. The van der Waals surface area contributed by atoms with Crippen molar-refractivity contribution in [2.24, 2.45) is 0 Å². The molecule has 3 aliphatic rings. The molecule has 0 bridgehead atoms. The van der Waals surface area contributed by atoms with E-state index in [0.29, 0.717) is 25.9 Å². The van der Waals surface area contributed by atoms with Gasteiger partial charge in [-0.3, -0.25) is 14.5 Å². The van der Waals surface area contributed by atoms with Crippen LogP contribution in [0, 0.1) is 0 Å². The number of urea groups is 1. The van der Waals surface area contributed by atoms with Gasteiger partial charge in [-0.25, -0.2) is 4.79 Å². The molecule has 4 amide bonds. The van der Waals surface area contributed by atoms with Crippen molar-refractivity contribution in [1.29, 1.82) is 0 Å². The molecule has 2 heterocycles. The lowest BCUT2D eigenvalue weighted by molar-refractivity contribution is -0.137. The Hall–Kier alpha value is -2.57. The average Bonchev–Trinajstić information content (AvgIpc) is 2.85. The molecule has 1 saturated heterocycles. The van der Waals surface area contributed by atoms with Crippen LogP contribution in [0.3, 0.4) is 0 Å². The maximum absolute atomic E-state index is 13.0. The summed E-state index contributed by atoms with van der Waals surface area (Å²) < 4.78 is 5.62. The van der Waals surface area contributed by atoms with Crippen LogP contribution in [0.25, 0.3) is 0 Å². The lowest BCUT2D eigenvalue weighted by Gasteiger charge is -2.35. The average molecular weight is 371 g/mol. The normalized spacial score (nSPS) is 24.0. The first-order valence-electron chi connectivity index (χ1n) is 9.64. The van der Waals surface area contributed by atoms with E-state index in [1.807, 2.05) is 24.3 Å². The molecule has 4 rings (SSSR count). The second-order valence-corrected chi connectivity index (χ2v) is 7.62. The second kappa shape index (κ2) is 6.87. The molecule has 1 aromatic carbocycles. The number of hydrogen-bond donors (Lipinski definition) is 1. The Morgan fingerprint density at radius 2 is 1.96 bits per heavy atom. The molecule has 1 atom stereocenters. The van der Waals surface area contributed by atoms with Crippen molar-refractivity contribution in [3.8, 4) is 5.75 Å². The number of amides is 4. The van der Waals surface area contributed by atoms with Crippen molar-refractivity contribution in [3.63, 3.8) is 0 Å². The van der Waals surface area contributed by atoms with Gasteiger partial charge >= 0.3 is 6.03 Å². The predicted octanol–water partition coefficient (Wildman–Crippen LogP) is 2.22. The number of carbonyl (C=O) groups excluding carboxylic acids is 3. The summed E-state index contributed by atoms with van der Waals surface area (Å²) in [5, 5.41) is 2.97. The molecule has 27 heavy (non-hydrogen) atoms. The van der Waals surface area contributed by atoms with Gasteiger partial charge in [0.05, 0.1) is 12.6 Å². The standard InChI is InChI=1S/C20H25N3O4/c1-22-19(26)23(18(25)20(22)10-5-2-6-11-20)13-17(24)21-15-9-12-27-16-8-4-3-7-14(15)16/h3-4,7-8,15H,2,5-6,9-13H2,1H3,(H,21,24)/t15-/m0/s1. The van der Waals surface area contributed by atoms with Crippen LogP contribution in [-0.4, -0.2) is 53.4 Å². The van der Waals surface area contributed by atoms with Crippen LogP contribution in [0.5, 0.6) is 5.75 Å². The van der Waals surface area contributed by atoms with Crippen molar-refractivity contribution >= 4 is 17.8 Å². The topological polar surface area (TPSA) is 79.0 Å². The molecule has 2 fully saturated rings. The third-order valence-electron chi connectivity index (χ3n) is 6.08. The molecule has 7 nitrogen and oxygen atoms in total. The summed E-state index contributed by atoms with van der Waals surface area (Å²) in [6.45, 7) is 0.290. The molecule has 0 radical (unpaired) electrons. The summed E-state index contributed by atoms with van der Waals surface area (Å²) in [5.41, 5.74) is 0.179. The quantitative estimate of drug-likeness (QED) is 0.827. The molecule has 1 N–H and O–H groups in total. The predicted molar refractivity (Wildman–Crippen MR) is 98.1 cm³/mol. The SMILES string of the molecule is CN1C(=O)N(CC(=O)N[C@H]2CCOc3ccccc32)C(=O)C12CCCCC2. The summed E-state index contributed by atoms with van der Waals surface area (Å²) in [7, 11) is 1.68. The summed E-state index contributed by atoms with van der Waals surface area (Å²) in [6, 6.07) is 7.06. The van der Waals surface area contributed by atoms with Crippen LogP contribution in [0.15, 0.2) is 24.3 Å². The van der Waals surface area contributed by atoms with Crippen molar-refractivity contribution in [1.82, 2.24) is 15.1 Å². The fourth-order valence-electron chi connectivity index (χ4n) is 4.55. The van der Waals surface area contributed by atoms with Gasteiger partial charge in [-0.1, -0.05) is 37.5 Å². The highest BCUT2D eigenvalue weighted by atomic mass is 16.5. The van der Waals surface area contributed by atoms with Gasteiger partial charge in [-0.05, 0) is 18.9 Å². The van der Waals surface area contributed by atoms with Gasteiger partial charge < -0.3 is 15.0 Å². The van der Waals surface area contributed by atoms with E-state index in [1.165, 1.54) is 0 Å². The van der Waals surface area contributed by atoms with Gasteiger partial charge in [0, 0.05) is 19.0 Å². The fraction of sp³-hybridized carbons (Fsp3) is 0.550. The number of ether oxygens (including phenoxy) is 1. The smallest absolute Gasteiger partial charge is 0.327 e. The Bertz CT molecular complexity index is 772. The molecule has 7 heteroatoms. The number of rotatable bonds is 3. The number of likely N-dealkylation sites (N-methyl/N-ethyl adjacent to an activating group) is 1. The number of benzene rings is 1. The number of carbonyl (C=O) groups is 3. The summed E-state index contributed by atoms with van der Waals surface area (Å²) in [4.78, 5) is 40.9. The number of nitrogens with zero attached hydrogens (tertiary/aromatic N) is 2. The lowest BCUT2D eigenvalue weighted by Crippen LogP contribution is -2.49. The Morgan fingerprint density at radius 3 is 2.74 bits per heavy atom. The van der Waals surface area contributed by atoms with Gasteiger partial charge in [0.1, 0.15) is 17.8 Å². The molecule has 2 aliphatic heterocycles. The van der Waals surface area contributed by atoms with E-state index in [1.54, 1.807) is 11.9 Å². The van der Waals surface area contributed by atoms with E-state index in [2.05, 4.69) is 5.32 Å². The van der Waals surface area contributed by atoms with Crippen LogP contribution in [0.4, 0.5) is 4.79 Å². The number of nitrogens with one attached hydrogen (secondary N) is 1. The third-order valence-corrected chi connectivity index (χ3v) is 6.08. The maximum atomic E-state index is 13.0. The molecule has 1 spiro atoms. The molecule has 0 unspecified atom stereocenters. The van der Waals surface area contributed by atoms with Crippen LogP contribution in [0.1, 0.15) is 50.1 Å². The number of imide groups is 1. The Labute approximate surface area is 158 Å². The minimum atomic E-state index is -0.749. The molecule has 1 aliphatic carbocycles. The fourth-order valence-corrected chi connectivity index (χ4v) is 4.55. The Morgan fingerprint density at radius 1 is 1.22 bits per heavy atom. The monoisotopic (exact) mass is 371 g/mol. The summed E-state index contributed by atoms with van der Waals surface area (Å²) in [5.74, 6) is 0.222. The molecule has 1 saturated carbocycles. The minimum Gasteiger partial charge on any atom is -0.493 e. The zero-order valence-corrected chi connectivity index (χ0v) is 15.6. The van der Waals surface area contributed by atoms with Crippen molar-refractivity contribution in [3.05, 3.63) is 29.8 Å². The first-order chi connectivity index (χ1) is 13.0. The van der Waals surface area contributed by atoms with Crippen molar-refractivity contribution in [2.75, 3.05) is 20.2 Å². The third kappa shape index (κ3) is 2.95. The van der Waals surface area contributed by atoms with Crippen molar-refractivity contribution < 1.29 is 19.1 Å². The highest BCUT2D eigenvalue weighted by Gasteiger charge is 2.55. The highest BCUT2D eigenvalue weighted by Crippen LogP contribution is 2.39. The molecule has 1 aromatic rings. The first kappa shape index (κ1) is 17.8. The van der Waals surface area contributed by atoms with E-state index in [-0.39, 0.29) is 30.4 Å². The number of hydrogen-bond acceptors (Lipinski definition) is 4. The van der Waals surface area contributed by atoms with Crippen molar-refractivity contribution in [2.45, 2.75) is 50.1 Å². The van der Waals surface area contributed by atoms with E-state index in [0.717, 1.165) is 35.5 Å². The van der Waals surface area contributed by atoms with E-state index in [4.69, 9.17) is 4.74 Å². The summed E-state index contributed by atoms with van der Waals surface area (Å²) >= 11 is 0. The summed E-state index contributed by atoms with van der Waals surface area (Å²) in [6.07, 6.45) is 4.97.